The first-order valence-electron chi connectivity index (χ1n) is 8.25. The van der Waals surface area contributed by atoms with Crippen molar-refractivity contribution < 1.29 is 9.47 Å². The summed E-state index contributed by atoms with van der Waals surface area (Å²) in [6, 6.07) is 2.19. The van der Waals surface area contributed by atoms with Gasteiger partial charge in [-0.05, 0) is 19.3 Å². The number of anilines is 1. The van der Waals surface area contributed by atoms with Gasteiger partial charge in [0.2, 0.25) is 5.95 Å². The Morgan fingerprint density at radius 1 is 1.26 bits per heavy atom. The Hall–Kier alpha value is -1.30. The van der Waals surface area contributed by atoms with E-state index in [9.17, 15) is 0 Å². The number of nitriles is 1. The van der Waals surface area contributed by atoms with Gasteiger partial charge < -0.3 is 14.4 Å². The first-order chi connectivity index (χ1) is 11.4. The molecule has 0 amide bonds. The fraction of sp³-hybridized carbons (Fsp3) is 0.800. The minimum atomic E-state index is 0.254. The molecule has 0 aliphatic carbocycles. The van der Waals surface area contributed by atoms with Gasteiger partial charge in [-0.3, -0.25) is 4.57 Å². The van der Waals surface area contributed by atoms with Crippen molar-refractivity contribution in [1.29, 1.82) is 5.26 Å². The highest BCUT2D eigenvalue weighted by Crippen LogP contribution is 2.26. The minimum Gasteiger partial charge on any atom is -0.378 e. The minimum absolute atomic E-state index is 0.254. The maximum absolute atomic E-state index is 8.65. The molecular formula is C15H23N5O2S. The van der Waals surface area contributed by atoms with Crippen molar-refractivity contribution in [2.45, 2.75) is 43.5 Å². The van der Waals surface area contributed by atoms with Crippen molar-refractivity contribution in [3.05, 3.63) is 0 Å². The lowest BCUT2D eigenvalue weighted by atomic mass is 10.2. The monoisotopic (exact) mass is 337 g/mol. The number of aromatic nitrogens is 3. The number of hydrogen-bond donors (Lipinski definition) is 0. The van der Waals surface area contributed by atoms with Gasteiger partial charge in [-0.15, -0.1) is 10.2 Å². The Bertz CT molecular complexity index is 532. The normalized spacial score (nSPS) is 21.5. The summed E-state index contributed by atoms with van der Waals surface area (Å²) in [5, 5.41) is 18.4. The van der Waals surface area contributed by atoms with E-state index in [4.69, 9.17) is 14.7 Å². The summed E-state index contributed by atoms with van der Waals surface area (Å²) in [5.74, 6) is 1.81. The van der Waals surface area contributed by atoms with Crippen molar-refractivity contribution in [1.82, 2.24) is 14.8 Å². The predicted octanol–water partition coefficient (Wildman–Crippen LogP) is 1.69. The van der Waals surface area contributed by atoms with Crippen LogP contribution >= 0.6 is 11.8 Å². The molecule has 1 atom stereocenters. The lowest BCUT2D eigenvalue weighted by Gasteiger charge is -2.28. The zero-order valence-electron chi connectivity index (χ0n) is 13.3. The Morgan fingerprint density at radius 2 is 2.13 bits per heavy atom. The van der Waals surface area contributed by atoms with E-state index in [1.165, 1.54) is 0 Å². The molecule has 2 aliphatic rings. The van der Waals surface area contributed by atoms with Gasteiger partial charge in [0, 0.05) is 31.9 Å². The van der Waals surface area contributed by atoms with Crippen molar-refractivity contribution in [2.24, 2.45) is 0 Å². The van der Waals surface area contributed by atoms with Gasteiger partial charge in [-0.2, -0.15) is 5.26 Å². The van der Waals surface area contributed by atoms with Crippen molar-refractivity contribution in [3.8, 4) is 6.07 Å². The molecular weight excluding hydrogens is 314 g/mol. The molecule has 7 nitrogen and oxygen atoms in total. The third-order valence-corrected chi connectivity index (χ3v) is 5.12. The van der Waals surface area contributed by atoms with Crippen LogP contribution in [0.2, 0.25) is 0 Å². The molecule has 3 heterocycles. The van der Waals surface area contributed by atoms with Crippen molar-refractivity contribution >= 4 is 17.7 Å². The zero-order valence-corrected chi connectivity index (χ0v) is 14.1. The van der Waals surface area contributed by atoms with Gasteiger partial charge in [-0.25, -0.2) is 0 Å². The number of ether oxygens (including phenoxy) is 2. The van der Waals surface area contributed by atoms with E-state index in [1.807, 2.05) is 0 Å². The van der Waals surface area contributed by atoms with E-state index in [0.717, 1.165) is 75.6 Å². The molecule has 0 bridgehead atoms. The highest BCUT2D eigenvalue weighted by atomic mass is 32.2. The number of morpholine rings is 1. The van der Waals surface area contributed by atoms with Gasteiger partial charge in [-0.1, -0.05) is 11.8 Å². The van der Waals surface area contributed by atoms with Gasteiger partial charge >= 0.3 is 0 Å². The average molecular weight is 337 g/mol. The number of rotatable bonds is 7. The molecule has 1 aromatic heterocycles. The second kappa shape index (κ2) is 8.52. The lowest BCUT2D eigenvalue weighted by molar-refractivity contribution is 0.0942. The molecule has 0 unspecified atom stereocenters. The summed E-state index contributed by atoms with van der Waals surface area (Å²) in [4.78, 5) is 2.24. The van der Waals surface area contributed by atoms with Crippen molar-refractivity contribution in [2.75, 3.05) is 43.6 Å². The molecule has 1 aromatic rings. The van der Waals surface area contributed by atoms with Crippen LogP contribution in [0, 0.1) is 11.3 Å². The van der Waals surface area contributed by atoms with Gasteiger partial charge in [0.05, 0.1) is 31.9 Å². The van der Waals surface area contributed by atoms with Crippen LogP contribution in [0.15, 0.2) is 5.16 Å². The van der Waals surface area contributed by atoms with Crippen LogP contribution in [0.4, 0.5) is 5.95 Å². The standard InChI is InChI=1S/C15H23N5O2S/c16-5-1-2-11-23-15-18-17-14(19-6-9-21-10-7-19)20(15)12-13-4-3-8-22-13/h13H,1-4,6-12H2/t13-/m1/s1. The van der Waals surface area contributed by atoms with Crippen LogP contribution in [0.25, 0.3) is 0 Å². The first kappa shape index (κ1) is 16.6. The summed E-state index contributed by atoms with van der Waals surface area (Å²) in [6.45, 7) is 4.82. The van der Waals surface area contributed by atoms with Crippen LogP contribution in [0.5, 0.6) is 0 Å². The zero-order chi connectivity index (χ0) is 15.9. The molecule has 3 rings (SSSR count). The van der Waals surface area contributed by atoms with Gasteiger partial charge in [0.15, 0.2) is 5.16 Å². The summed E-state index contributed by atoms with van der Waals surface area (Å²) in [7, 11) is 0. The molecule has 0 N–H and O–H groups in total. The second-order valence-electron chi connectivity index (χ2n) is 5.74. The lowest BCUT2D eigenvalue weighted by Crippen LogP contribution is -2.38. The molecule has 126 valence electrons. The van der Waals surface area contributed by atoms with Crippen LogP contribution in [0.1, 0.15) is 25.7 Å². The molecule has 0 saturated carbocycles. The molecule has 8 heteroatoms. The number of unbranched alkanes of at least 4 members (excludes halogenated alkanes) is 1. The first-order valence-corrected chi connectivity index (χ1v) is 9.24. The quantitative estimate of drug-likeness (QED) is 0.553. The molecule has 0 spiro atoms. The summed E-state index contributed by atoms with van der Waals surface area (Å²) in [6.07, 6.45) is 3.94. The Kier molecular flexibility index (Phi) is 6.13. The summed E-state index contributed by atoms with van der Waals surface area (Å²) >= 11 is 1.68. The highest BCUT2D eigenvalue weighted by molar-refractivity contribution is 7.99. The van der Waals surface area contributed by atoms with Crippen LogP contribution < -0.4 is 4.90 Å². The van der Waals surface area contributed by atoms with Gasteiger partial charge in [0.25, 0.3) is 0 Å². The number of nitrogens with zero attached hydrogens (tertiary/aromatic N) is 5. The van der Waals surface area contributed by atoms with Crippen LogP contribution in [-0.2, 0) is 16.0 Å². The van der Waals surface area contributed by atoms with E-state index < -0.39 is 0 Å². The Labute approximate surface area is 140 Å². The van der Waals surface area contributed by atoms with E-state index in [0.29, 0.717) is 6.42 Å². The Morgan fingerprint density at radius 3 is 2.87 bits per heavy atom. The summed E-state index contributed by atoms with van der Waals surface area (Å²) < 4.78 is 13.4. The van der Waals surface area contributed by atoms with E-state index in [1.54, 1.807) is 11.8 Å². The molecule has 2 fully saturated rings. The number of thioether (sulfide) groups is 1. The summed E-state index contributed by atoms with van der Waals surface area (Å²) in [5.41, 5.74) is 0. The molecule has 0 aromatic carbocycles. The maximum atomic E-state index is 8.65. The fourth-order valence-corrected chi connectivity index (χ4v) is 3.73. The third kappa shape index (κ3) is 4.37. The van der Waals surface area contributed by atoms with E-state index in [2.05, 4.69) is 25.7 Å². The van der Waals surface area contributed by atoms with Crippen LogP contribution in [0.3, 0.4) is 0 Å². The molecule has 23 heavy (non-hydrogen) atoms. The number of hydrogen-bond acceptors (Lipinski definition) is 7. The van der Waals surface area contributed by atoms with E-state index >= 15 is 0 Å². The smallest absolute Gasteiger partial charge is 0.228 e. The van der Waals surface area contributed by atoms with Crippen molar-refractivity contribution in [3.63, 3.8) is 0 Å². The Balaban J connectivity index is 1.71. The maximum Gasteiger partial charge on any atom is 0.228 e. The predicted molar refractivity (Wildman–Crippen MR) is 87.6 cm³/mol. The highest BCUT2D eigenvalue weighted by Gasteiger charge is 2.24. The molecule has 2 aliphatic heterocycles. The van der Waals surface area contributed by atoms with Crippen LogP contribution in [-0.4, -0.2) is 59.5 Å². The molecule has 2 saturated heterocycles. The second-order valence-corrected chi connectivity index (χ2v) is 6.80. The third-order valence-electron chi connectivity index (χ3n) is 4.07. The molecule has 0 radical (unpaired) electrons. The SMILES string of the molecule is N#CCCCSc1nnc(N2CCOCC2)n1C[C@H]1CCCO1. The van der Waals surface area contributed by atoms with E-state index in [-0.39, 0.29) is 6.10 Å². The fourth-order valence-electron chi connectivity index (χ4n) is 2.85. The average Bonchev–Trinajstić information content (AvgIpc) is 3.23. The topological polar surface area (TPSA) is 76.2 Å². The largest absolute Gasteiger partial charge is 0.378 e. The van der Waals surface area contributed by atoms with Gasteiger partial charge in [0.1, 0.15) is 0 Å².